The number of amides is 2. The number of hydrogen-bond acceptors (Lipinski definition) is 3. The molecule has 2 aliphatic rings. The lowest BCUT2D eigenvalue weighted by Crippen LogP contribution is -2.29. The van der Waals surface area contributed by atoms with Crippen LogP contribution in [0.5, 0.6) is 0 Å². The lowest BCUT2D eigenvalue weighted by molar-refractivity contribution is -0.127. The summed E-state index contributed by atoms with van der Waals surface area (Å²) in [5.41, 5.74) is 2.37. The van der Waals surface area contributed by atoms with Crippen LogP contribution < -0.4 is 10.6 Å². The van der Waals surface area contributed by atoms with Crippen molar-refractivity contribution in [2.75, 3.05) is 6.61 Å². The van der Waals surface area contributed by atoms with Crippen molar-refractivity contribution in [2.45, 2.75) is 71.3 Å². The molecule has 0 aromatic carbocycles. The van der Waals surface area contributed by atoms with E-state index in [1.165, 1.54) is 45.4 Å². The highest BCUT2D eigenvalue weighted by Gasteiger charge is 2.13. The van der Waals surface area contributed by atoms with Crippen LogP contribution in [0.1, 0.15) is 65.2 Å². The highest BCUT2D eigenvalue weighted by atomic mass is 16.5. The van der Waals surface area contributed by atoms with Gasteiger partial charge in [-0.3, -0.25) is 9.59 Å². The first kappa shape index (κ1) is 21.2. The first-order chi connectivity index (χ1) is 13.0. The van der Waals surface area contributed by atoms with E-state index in [4.69, 9.17) is 4.74 Å². The second-order valence-electron chi connectivity index (χ2n) is 7.33. The van der Waals surface area contributed by atoms with Gasteiger partial charge >= 0.3 is 0 Å². The van der Waals surface area contributed by atoms with E-state index in [-0.39, 0.29) is 24.5 Å². The molecule has 2 rings (SSSR count). The normalized spacial score (nSPS) is 19.3. The number of carbonyl (C=O) groups excluding carboxylic acids is 2. The summed E-state index contributed by atoms with van der Waals surface area (Å²) in [4.78, 5) is 23.5. The lowest BCUT2D eigenvalue weighted by atomic mass is 10.1. The van der Waals surface area contributed by atoms with Crippen molar-refractivity contribution < 1.29 is 14.3 Å². The second-order valence-corrected chi connectivity index (χ2v) is 7.33. The van der Waals surface area contributed by atoms with Gasteiger partial charge in [0.05, 0.1) is 6.10 Å². The van der Waals surface area contributed by atoms with Crippen LogP contribution in [0, 0.1) is 0 Å². The topological polar surface area (TPSA) is 67.4 Å². The van der Waals surface area contributed by atoms with E-state index in [0.717, 1.165) is 24.1 Å². The van der Waals surface area contributed by atoms with Crippen LogP contribution in [0.25, 0.3) is 0 Å². The van der Waals surface area contributed by atoms with Crippen molar-refractivity contribution in [3.8, 4) is 0 Å². The average Bonchev–Trinajstić information content (AvgIpc) is 2.71. The molecule has 0 spiro atoms. The minimum absolute atomic E-state index is 0.0889. The Morgan fingerprint density at radius 2 is 1.67 bits per heavy atom. The Morgan fingerprint density at radius 1 is 1.00 bits per heavy atom. The molecule has 5 nitrogen and oxygen atoms in total. The van der Waals surface area contributed by atoms with Gasteiger partial charge in [0, 0.05) is 18.3 Å². The number of ether oxygens (including phenoxy) is 1. The van der Waals surface area contributed by atoms with E-state index in [2.05, 4.69) is 10.6 Å². The lowest BCUT2D eigenvalue weighted by Gasteiger charge is -2.17. The van der Waals surface area contributed by atoms with Crippen molar-refractivity contribution in [3.05, 3.63) is 47.3 Å². The number of rotatable bonds is 5. The summed E-state index contributed by atoms with van der Waals surface area (Å²) in [7, 11) is 0. The first-order valence-corrected chi connectivity index (χ1v) is 10.0. The predicted molar refractivity (Wildman–Crippen MR) is 108 cm³/mol. The molecule has 1 saturated carbocycles. The summed E-state index contributed by atoms with van der Waals surface area (Å²) in [5, 5.41) is 5.67. The van der Waals surface area contributed by atoms with Crippen LogP contribution in [0.2, 0.25) is 0 Å². The zero-order valence-electron chi connectivity index (χ0n) is 16.6. The molecule has 2 N–H and O–H groups in total. The number of allylic oxidation sites excluding steroid dienone is 6. The minimum Gasteiger partial charge on any atom is -0.368 e. The van der Waals surface area contributed by atoms with Gasteiger partial charge in [0.2, 0.25) is 11.8 Å². The standard InChI is InChI=1S/C22H32N2O3/c1-17-14-19(23-18(2)25)10-9-11-20(15-17)24-22(26)16-27-21-12-7-5-3-4-6-8-13-21/h9-11,14-15,21H,3-8,12-13,16H2,1-2H3,(H,23,25)(H,24,26). The highest BCUT2D eigenvalue weighted by Crippen LogP contribution is 2.19. The van der Waals surface area contributed by atoms with Crippen molar-refractivity contribution >= 4 is 11.8 Å². The number of hydrogen-bond donors (Lipinski definition) is 2. The van der Waals surface area contributed by atoms with E-state index >= 15 is 0 Å². The van der Waals surface area contributed by atoms with E-state index in [1.807, 2.05) is 25.2 Å². The maximum absolute atomic E-state index is 12.3. The zero-order chi connectivity index (χ0) is 19.5. The van der Waals surface area contributed by atoms with Gasteiger partial charge in [-0.1, -0.05) is 44.6 Å². The third-order valence-electron chi connectivity index (χ3n) is 4.67. The van der Waals surface area contributed by atoms with Gasteiger partial charge in [0.15, 0.2) is 0 Å². The molecule has 2 aliphatic carbocycles. The Bertz CT molecular complexity index is 634. The molecular formula is C22H32N2O3. The van der Waals surface area contributed by atoms with Crippen molar-refractivity contribution in [2.24, 2.45) is 0 Å². The molecule has 5 heteroatoms. The summed E-state index contributed by atoms with van der Waals surface area (Å²) < 4.78 is 5.88. The van der Waals surface area contributed by atoms with E-state index < -0.39 is 0 Å². The molecule has 0 heterocycles. The summed E-state index contributed by atoms with van der Waals surface area (Å²) >= 11 is 0. The monoisotopic (exact) mass is 372 g/mol. The van der Waals surface area contributed by atoms with Crippen molar-refractivity contribution in [1.82, 2.24) is 10.6 Å². The van der Waals surface area contributed by atoms with E-state index in [9.17, 15) is 9.59 Å². The van der Waals surface area contributed by atoms with Gasteiger partial charge in [-0.25, -0.2) is 0 Å². The van der Waals surface area contributed by atoms with E-state index in [0.29, 0.717) is 5.70 Å². The highest BCUT2D eigenvalue weighted by molar-refractivity contribution is 5.80. The van der Waals surface area contributed by atoms with Crippen LogP contribution >= 0.6 is 0 Å². The molecular weight excluding hydrogens is 340 g/mol. The fraction of sp³-hybridized carbons (Fsp3) is 0.545. The van der Waals surface area contributed by atoms with E-state index in [1.54, 1.807) is 12.2 Å². The Morgan fingerprint density at radius 3 is 2.33 bits per heavy atom. The quantitative estimate of drug-likeness (QED) is 0.765. The SMILES string of the molecule is CC(=O)NC1=CC(C)=CC(NC(=O)COC2CCCCCCCC2)=CC=C1. The fourth-order valence-electron chi connectivity index (χ4n) is 3.40. The fourth-order valence-corrected chi connectivity index (χ4v) is 3.40. The van der Waals surface area contributed by atoms with Crippen LogP contribution in [0.15, 0.2) is 47.3 Å². The molecule has 0 unspecified atom stereocenters. The second kappa shape index (κ2) is 11.5. The molecule has 0 saturated heterocycles. The van der Waals surface area contributed by atoms with Crippen LogP contribution in [0.3, 0.4) is 0 Å². The zero-order valence-corrected chi connectivity index (χ0v) is 16.6. The predicted octanol–water partition coefficient (Wildman–Crippen LogP) is 4.04. The Hall–Kier alpha value is -2.14. The molecule has 1 fully saturated rings. The third kappa shape index (κ3) is 8.87. The minimum atomic E-state index is -0.134. The molecule has 0 aromatic rings. The van der Waals surface area contributed by atoms with Gasteiger partial charge in [0.25, 0.3) is 0 Å². The molecule has 0 aromatic heterocycles. The largest absolute Gasteiger partial charge is 0.368 e. The third-order valence-corrected chi connectivity index (χ3v) is 4.67. The van der Waals surface area contributed by atoms with Crippen LogP contribution in [0.4, 0.5) is 0 Å². The smallest absolute Gasteiger partial charge is 0.250 e. The molecule has 2 amide bonds. The molecule has 0 bridgehead atoms. The summed E-state index contributed by atoms with van der Waals surface area (Å²) in [6.45, 7) is 3.49. The summed E-state index contributed by atoms with van der Waals surface area (Å²) in [5.74, 6) is -0.246. The Balaban J connectivity index is 1.84. The van der Waals surface area contributed by atoms with Crippen molar-refractivity contribution in [3.63, 3.8) is 0 Å². The van der Waals surface area contributed by atoms with Crippen LogP contribution in [-0.2, 0) is 14.3 Å². The van der Waals surface area contributed by atoms with Gasteiger partial charge in [-0.2, -0.15) is 0 Å². The Kier molecular flexibility index (Phi) is 9.05. The maximum Gasteiger partial charge on any atom is 0.250 e. The van der Waals surface area contributed by atoms with Gasteiger partial charge in [-0.15, -0.1) is 0 Å². The van der Waals surface area contributed by atoms with Gasteiger partial charge in [-0.05, 0) is 49.6 Å². The molecule has 148 valence electrons. The molecule has 0 atom stereocenters. The molecule has 0 aliphatic heterocycles. The Labute approximate surface area is 162 Å². The van der Waals surface area contributed by atoms with Gasteiger partial charge in [0.1, 0.15) is 6.61 Å². The molecule has 0 radical (unpaired) electrons. The summed E-state index contributed by atoms with van der Waals surface area (Å²) in [6.07, 6.45) is 19.0. The molecule has 27 heavy (non-hydrogen) atoms. The summed E-state index contributed by atoms with van der Waals surface area (Å²) in [6, 6.07) is 0. The van der Waals surface area contributed by atoms with Crippen LogP contribution in [-0.4, -0.2) is 24.5 Å². The van der Waals surface area contributed by atoms with Crippen molar-refractivity contribution in [1.29, 1.82) is 0 Å². The first-order valence-electron chi connectivity index (χ1n) is 10.0. The number of carbonyl (C=O) groups is 2. The number of nitrogens with one attached hydrogen (secondary N) is 2. The average molecular weight is 373 g/mol. The van der Waals surface area contributed by atoms with Gasteiger partial charge < -0.3 is 15.4 Å². The maximum atomic E-state index is 12.3.